The lowest BCUT2D eigenvalue weighted by Crippen LogP contribution is -2.52. The summed E-state index contributed by atoms with van der Waals surface area (Å²) >= 11 is 0. The highest BCUT2D eigenvalue weighted by Gasteiger charge is 2.38. The lowest BCUT2D eigenvalue weighted by atomic mass is 9.97. The monoisotopic (exact) mass is 455 g/mol. The van der Waals surface area contributed by atoms with Crippen LogP contribution in [0, 0.1) is 5.82 Å². The van der Waals surface area contributed by atoms with Gasteiger partial charge in [-0.25, -0.2) is 9.37 Å². The minimum absolute atomic E-state index is 0.0253. The summed E-state index contributed by atoms with van der Waals surface area (Å²) < 4.78 is 16.1. The average Bonchev–Trinajstić information content (AvgIpc) is 3.18. The molecule has 1 amide bonds. The molecule has 1 aliphatic heterocycles. The maximum absolute atomic E-state index is 13.0. The van der Waals surface area contributed by atoms with E-state index in [0.717, 1.165) is 11.3 Å². The molecular formula is C22H26FN7O3. The molecule has 2 aromatic heterocycles. The number of rotatable bonds is 6. The van der Waals surface area contributed by atoms with Crippen molar-refractivity contribution in [1.82, 2.24) is 34.8 Å². The molecule has 1 aliphatic rings. The smallest absolute Gasteiger partial charge is 0.296 e. The van der Waals surface area contributed by atoms with Crippen molar-refractivity contribution in [1.29, 1.82) is 0 Å². The Hall–Kier alpha value is -3.60. The first-order valence-electron chi connectivity index (χ1n) is 10.6. The maximum atomic E-state index is 13.0. The van der Waals surface area contributed by atoms with Crippen LogP contribution < -0.4 is 10.9 Å². The summed E-state index contributed by atoms with van der Waals surface area (Å²) in [4.78, 5) is 32.0. The molecule has 3 heterocycles. The second-order valence-corrected chi connectivity index (χ2v) is 8.63. The van der Waals surface area contributed by atoms with Crippen LogP contribution in [0.25, 0.3) is 0 Å². The number of nitrogens with one attached hydrogen (secondary N) is 1. The summed E-state index contributed by atoms with van der Waals surface area (Å²) in [6.45, 7) is 5.52. The molecule has 2 N–H and O–H groups in total. The molecule has 10 nitrogen and oxygen atoms in total. The van der Waals surface area contributed by atoms with Gasteiger partial charge in [-0.1, -0.05) is 17.3 Å². The van der Waals surface area contributed by atoms with Gasteiger partial charge in [0.2, 0.25) is 11.7 Å². The lowest BCUT2D eigenvalue weighted by molar-refractivity contribution is -0.120. The number of benzene rings is 1. The van der Waals surface area contributed by atoms with E-state index < -0.39 is 22.8 Å². The summed E-state index contributed by atoms with van der Waals surface area (Å²) in [5.74, 6) is -0.808. The summed E-state index contributed by atoms with van der Waals surface area (Å²) in [5.41, 5.74) is 0.335. The van der Waals surface area contributed by atoms with Crippen LogP contribution >= 0.6 is 0 Å². The molecule has 0 radical (unpaired) electrons. The predicted octanol–water partition coefficient (Wildman–Crippen LogP) is 0.826. The van der Waals surface area contributed by atoms with Gasteiger partial charge in [0.15, 0.2) is 0 Å². The van der Waals surface area contributed by atoms with Crippen LogP contribution in [0.1, 0.15) is 36.6 Å². The quantitative estimate of drug-likeness (QED) is 0.565. The summed E-state index contributed by atoms with van der Waals surface area (Å²) in [6.07, 6.45) is 1.58. The van der Waals surface area contributed by atoms with Gasteiger partial charge in [0, 0.05) is 39.4 Å². The van der Waals surface area contributed by atoms with Crippen molar-refractivity contribution in [3.05, 3.63) is 69.4 Å². The molecule has 0 fully saturated rings. The van der Waals surface area contributed by atoms with Crippen LogP contribution in [0.4, 0.5) is 4.39 Å². The van der Waals surface area contributed by atoms with Gasteiger partial charge in [0.05, 0.1) is 23.3 Å². The highest BCUT2D eigenvalue weighted by molar-refractivity contribution is 5.78. The van der Waals surface area contributed by atoms with Crippen LogP contribution in [0.15, 0.2) is 35.3 Å². The third-order valence-electron chi connectivity index (χ3n) is 5.88. The van der Waals surface area contributed by atoms with Gasteiger partial charge in [-0.15, -0.1) is 5.10 Å². The Morgan fingerprint density at radius 2 is 1.97 bits per heavy atom. The molecule has 3 aromatic rings. The summed E-state index contributed by atoms with van der Waals surface area (Å²) in [5, 5.41) is 21.3. The fourth-order valence-electron chi connectivity index (χ4n) is 3.99. The first-order chi connectivity index (χ1) is 15.6. The fourth-order valence-corrected chi connectivity index (χ4v) is 3.99. The van der Waals surface area contributed by atoms with Gasteiger partial charge in [0.25, 0.3) is 5.56 Å². The molecule has 33 heavy (non-hydrogen) atoms. The molecule has 0 atom stereocenters. The molecule has 1 aromatic carbocycles. The number of carbonyl (C=O) groups excluding carboxylic acids is 1. The molecule has 0 aliphatic carbocycles. The Morgan fingerprint density at radius 1 is 1.24 bits per heavy atom. The van der Waals surface area contributed by atoms with Crippen LogP contribution in [0.2, 0.25) is 0 Å². The number of carbonyl (C=O) groups is 1. The van der Waals surface area contributed by atoms with Gasteiger partial charge >= 0.3 is 0 Å². The Morgan fingerprint density at radius 3 is 2.64 bits per heavy atom. The maximum Gasteiger partial charge on any atom is 0.296 e. The Bertz CT molecular complexity index is 1230. The van der Waals surface area contributed by atoms with E-state index in [9.17, 15) is 19.1 Å². The summed E-state index contributed by atoms with van der Waals surface area (Å²) in [6, 6.07) is 5.78. The Labute approximate surface area is 189 Å². The second kappa shape index (κ2) is 8.74. The van der Waals surface area contributed by atoms with Crippen LogP contribution in [-0.4, -0.2) is 47.0 Å². The number of aromatic nitrogens is 5. The van der Waals surface area contributed by atoms with Crippen molar-refractivity contribution in [2.75, 3.05) is 6.54 Å². The van der Waals surface area contributed by atoms with Gasteiger partial charge in [-0.3, -0.25) is 23.7 Å². The standard InChI is InChI=1S/C22H26FN7O3/c1-22(2)21-25-17(10-18(31)24-11-14-4-6-15(23)7-5-14)19(32)20(33)30(21)9-8-29(22)13-16-12-28(3)27-26-16/h4-7,12,32H,8-11,13H2,1-3H3,(H,24,31). The van der Waals surface area contributed by atoms with E-state index in [0.29, 0.717) is 25.5 Å². The third kappa shape index (κ3) is 4.63. The third-order valence-corrected chi connectivity index (χ3v) is 5.88. The average molecular weight is 455 g/mol. The van der Waals surface area contributed by atoms with E-state index in [1.807, 2.05) is 20.0 Å². The normalized spacial score (nSPS) is 15.3. The highest BCUT2D eigenvalue weighted by atomic mass is 19.1. The minimum Gasteiger partial charge on any atom is -0.502 e. The van der Waals surface area contributed by atoms with Gasteiger partial charge < -0.3 is 10.4 Å². The number of aromatic hydroxyl groups is 1. The van der Waals surface area contributed by atoms with Crippen LogP contribution in [0.3, 0.4) is 0 Å². The van der Waals surface area contributed by atoms with Gasteiger partial charge in [-0.2, -0.15) is 0 Å². The van der Waals surface area contributed by atoms with Gasteiger partial charge in [-0.05, 0) is 31.5 Å². The SMILES string of the molecule is Cn1cc(CN2CCn3c(nc(CC(=O)NCc4ccc(F)cc4)c(O)c3=O)C2(C)C)nn1. The van der Waals surface area contributed by atoms with E-state index >= 15 is 0 Å². The molecule has 0 saturated heterocycles. The van der Waals surface area contributed by atoms with Crippen LogP contribution in [-0.2, 0) is 43.4 Å². The number of aryl methyl sites for hydroxylation is 1. The zero-order valence-corrected chi connectivity index (χ0v) is 18.7. The zero-order chi connectivity index (χ0) is 23.8. The number of halogens is 1. The van der Waals surface area contributed by atoms with Crippen molar-refractivity contribution in [2.24, 2.45) is 7.05 Å². The first-order valence-corrected chi connectivity index (χ1v) is 10.6. The van der Waals surface area contributed by atoms with Crippen molar-refractivity contribution in [2.45, 2.75) is 45.4 Å². The topological polar surface area (TPSA) is 118 Å². The van der Waals surface area contributed by atoms with E-state index in [4.69, 9.17) is 0 Å². The molecule has 0 saturated carbocycles. The minimum atomic E-state index is -0.651. The van der Waals surface area contributed by atoms with Gasteiger partial charge in [0.1, 0.15) is 11.6 Å². The number of fused-ring (bicyclic) bond motifs is 1. The first kappa shape index (κ1) is 22.6. The second-order valence-electron chi connectivity index (χ2n) is 8.63. The lowest BCUT2D eigenvalue weighted by Gasteiger charge is -2.42. The highest BCUT2D eigenvalue weighted by Crippen LogP contribution is 2.31. The Balaban J connectivity index is 1.54. The predicted molar refractivity (Wildman–Crippen MR) is 117 cm³/mol. The van der Waals surface area contributed by atoms with Crippen molar-refractivity contribution in [3.63, 3.8) is 0 Å². The van der Waals surface area contributed by atoms with Crippen LogP contribution in [0.5, 0.6) is 5.75 Å². The fraction of sp³-hybridized carbons (Fsp3) is 0.409. The summed E-state index contributed by atoms with van der Waals surface area (Å²) in [7, 11) is 1.80. The molecule has 0 unspecified atom stereocenters. The number of nitrogens with zero attached hydrogens (tertiary/aromatic N) is 6. The number of amides is 1. The van der Waals surface area contributed by atoms with E-state index in [1.54, 1.807) is 23.9 Å². The molecular weight excluding hydrogens is 429 g/mol. The molecule has 4 rings (SSSR count). The van der Waals surface area contributed by atoms with E-state index in [-0.39, 0.29) is 24.5 Å². The molecule has 0 spiro atoms. The Kier molecular flexibility index (Phi) is 5.98. The van der Waals surface area contributed by atoms with Crippen molar-refractivity contribution < 1.29 is 14.3 Å². The molecule has 174 valence electrons. The van der Waals surface area contributed by atoms with Crippen molar-refractivity contribution >= 4 is 5.91 Å². The van der Waals surface area contributed by atoms with E-state index in [1.165, 1.54) is 16.7 Å². The number of hydrogen-bond donors (Lipinski definition) is 2. The van der Waals surface area contributed by atoms with E-state index in [2.05, 4.69) is 25.5 Å². The largest absolute Gasteiger partial charge is 0.502 e. The molecule has 0 bridgehead atoms. The zero-order valence-electron chi connectivity index (χ0n) is 18.7. The van der Waals surface area contributed by atoms with Crippen molar-refractivity contribution in [3.8, 4) is 5.75 Å². The molecule has 11 heteroatoms. The number of hydrogen-bond acceptors (Lipinski definition) is 7.